The first-order valence-corrected chi connectivity index (χ1v) is 5.69. The molecule has 17 heavy (non-hydrogen) atoms. The van der Waals surface area contributed by atoms with Gasteiger partial charge in [0.25, 0.3) is 5.91 Å². The summed E-state index contributed by atoms with van der Waals surface area (Å²) in [6, 6.07) is 3.57. The van der Waals surface area contributed by atoms with E-state index in [1.54, 1.807) is 7.05 Å². The minimum Gasteiger partial charge on any atom is -0.508 e. The Kier molecular flexibility index (Phi) is 4.49. The van der Waals surface area contributed by atoms with Gasteiger partial charge in [-0.2, -0.15) is 0 Å². The fraction of sp³-hybridized carbons (Fsp3) is 0.462. The van der Waals surface area contributed by atoms with E-state index in [9.17, 15) is 9.18 Å². The molecular formula is C13H18FNO2. The van der Waals surface area contributed by atoms with Crippen LogP contribution in [-0.2, 0) is 0 Å². The Balaban J connectivity index is 2.81. The van der Waals surface area contributed by atoms with E-state index in [2.05, 4.69) is 0 Å². The highest BCUT2D eigenvalue weighted by Crippen LogP contribution is 2.17. The molecular weight excluding hydrogens is 221 g/mol. The van der Waals surface area contributed by atoms with Crippen molar-refractivity contribution in [3.8, 4) is 5.75 Å². The monoisotopic (exact) mass is 239 g/mol. The lowest BCUT2D eigenvalue weighted by molar-refractivity contribution is 0.0770. The zero-order valence-corrected chi connectivity index (χ0v) is 10.4. The maximum atomic E-state index is 13.5. The van der Waals surface area contributed by atoms with Gasteiger partial charge >= 0.3 is 0 Å². The third kappa shape index (κ3) is 3.44. The Hall–Kier alpha value is -1.58. The quantitative estimate of drug-likeness (QED) is 0.877. The van der Waals surface area contributed by atoms with E-state index in [1.807, 2.05) is 13.8 Å². The van der Waals surface area contributed by atoms with Crippen molar-refractivity contribution >= 4 is 5.91 Å². The van der Waals surface area contributed by atoms with E-state index in [0.717, 1.165) is 12.5 Å². The lowest BCUT2D eigenvalue weighted by Gasteiger charge is -2.21. The molecule has 3 nitrogen and oxygen atoms in total. The van der Waals surface area contributed by atoms with Gasteiger partial charge in [0.2, 0.25) is 0 Å². The first kappa shape index (κ1) is 13.5. The molecule has 1 N–H and O–H groups in total. The number of benzene rings is 1. The van der Waals surface area contributed by atoms with Crippen LogP contribution in [0.3, 0.4) is 0 Å². The Morgan fingerprint density at radius 1 is 1.53 bits per heavy atom. The molecule has 0 spiro atoms. The van der Waals surface area contributed by atoms with Gasteiger partial charge in [0.15, 0.2) is 0 Å². The number of carbonyl (C=O) groups is 1. The normalized spacial score (nSPS) is 12.2. The predicted molar refractivity (Wildman–Crippen MR) is 64.5 cm³/mol. The molecule has 0 aromatic heterocycles. The number of hydrogen-bond donors (Lipinski definition) is 1. The number of aromatic hydroxyl groups is 1. The summed E-state index contributed by atoms with van der Waals surface area (Å²) in [5.41, 5.74) is -0.00592. The van der Waals surface area contributed by atoms with Crippen molar-refractivity contribution in [3.05, 3.63) is 29.6 Å². The van der Waals surface area contributed by atoms with E-state index in [0.29, 0.717) is 12.5 Å². The van der Waals surface area contributed by atoms with Crippen LogP contribution < -0.4 is 0 Å². The Labute approximate surface area is 101 Å². The zero-order chi connectivity index (χ0) is 13.0. The molecule has 0 aliphatic heterocycles. The number of nitrogens with zero attached hydrogens (tertiary/aromatic N) is 1. The van der Waals surface area contributed by atoms with Gasteiger partial charge in [-0.1, -0.05) is 20.3 Å². The zero-order valence-electron chi connectivity index (χ0n) is 10.4. The topological polar surface area (TPSA) is 40.5 Å². The van der Waals surface area contributed by atoms with Crippen molar-refractivity contribution in [1.82, 2.24) is 4.90 Å². The van der Waals surface area contributed by atoms with Crippen LogP contribution in [0.25, 0.3) is 0 Å². The number of phenolic OH excluding ortho intramolecular Hbond substituents is 1. The molecule has 1 unspecified atom stereocenters. The highest BCUT2D eigenvalue weighted by Gasteiger charge is 2.17. The molecule has 94 valence electrons. The fourth-order valence-electron chi connectivity index (χ4n) is 1.56. The summed E-state index contributed by atoms with van der Waals surface area (Å²) in [7, 11) is 1.65. The number of halogens is 1. The number of phenols is 1. The molecule has 0 bridgehead atoms. The largest absolute Gasteiger partial charge is 0.508 e. The number of hydrogen-bond acceptors (Lipinski definition) is 2. The van der Waals surface area contributed by atoms with Crippen LogP contribution in [0.1, 0.15) is 30.6 Å². The lowest BCUT2D eigenvalue weighted by atomic mass is 10.1. The molecule has 1 amide bonds. The molecule has 1 rings (SSSR count). The smallest absolute Gasteiger partial charge is 0.256 e. The summed E-state index contributed by atoms with van der Waals surface area (Å²) < 4.78 is 13.5. The van der Waals surface area contributed by atoms with E-state index in [4.69, 9.17) is 5.11 Å². The van der Waals surface area contributed by atoms with Gasteiger partial charge in [0.1, 0.15) is 11.6 Å². The molecule has 0 saturated carbocycles. The van der Waals surface area contributed by atoms with Crippen molar-refractivity contribution in [3.63, 3.8) is 0 Å². The van der Waals surface area contributed by atoms with Gasteiger partial charge in [0, 0.05) is 19.7 Å². The average molecular weight is 239 g/mol. The lowest BCUT2D eigenvalue weighted by Crippen LogP contribution is -2.31. The minimum atomic E-state index is -0.689. The predicted octanol–water partition coefficient (Wildman–Crippen LogP) is 2.65. The van der Waals surface area contributed by atoms with E-state index >= 15 is 0 Å². The van der Waals surface area contributed by atoms with Gasteiger partial charge in [-0.15, -0.1) is 0 Å². The van der Waals surface area contributed by atoms with Crippen LogP contribution in [0.5, 0.6) is 5.75 Å². The van der Waals surface area contributed by atoms with Gasteiger partial charge in [0.05, 0.1) is 5.56 Å². The summed E-state index contributed by atoms with van der Waals surface area (Å²) in [5.74, 6) is -0.846. The molecule has 4 heteroatoms. The fourth-order valence-corrected chi connectivity index (χ4v) is 1.56. The second-order valence-corrected chi connectivity index (χ2v) is 4.36. The summed E-state index contributed by atoms with van der Waals surface area (Å²) in [6.45, 7) is 4.68. The molecule has 1 aromatic rings. The van der Waals surface area contributed by atoms with Crippen LogP contribution in [0, 0.1) is 11.7 Å². The van der Waals surface area contributed by atoms with Crippen LogP contribution in [0.4, 0.5) is 4.39 Å². The van der Waals surface area contributed by atoms with Crippen molar-refractivity contribution in [2.45, 2.75) is 20.3 Å². The first-order valence-electron chi connectivity index (χ1n) is 5.69. The summed E-state index contributed by atoms with van der Waals surface area (Å²) in [5, 5.41) is 9.08. The summed E-state index contributed by atoms with van der Waals surface area (Å²) in [4.78, 5) is 13.4. The summed E-state index contributed by atoms with van der Waals surface area (Å²) in [6.07, 6.45) is 0.968. The minimum absolute atomic E-state index is 0.00592. The van der Waals surface area contributed by atoms with E-state index in [1.165, 1.54) is 17.0 Å². The number of amides is 1. The highest BCUT2D eigenvalue weighted by molar-refractivity contribution is 5.94. The van der Waals surface area contributed by atoms with Crippen LogP contribution >= 0.6 is 0 Å². The highest BCUT2D eigenvalue weighted by atomic mass is 19.1. The molecule has 0 radical (unpaired) electrons. The molecule has 0 aliphatic rings. The first-order chi connectivity index (χ1) is 7.95. The standard InChI is InChI=1S/C13H18FNO2/c1-4-9(2)8-15(3)13(17)11-6-5-10(16)7-12(11)14/h5-7,9,16H,4,8H2,1-3H3. The third-order valence-electron chi connectivity index (χ3n) is 2.81. The van der Waals surface area contributed by atoms with Crippen LogP contribution in [-0.4, -0.2) is 29.5 Å². The molecule has 0 fully saturated rings. The Morgan fingerprint density at radius 2 is 2.18 bits per heavy atom. The van der Waals surface area contributed by atoms with Gasteiger partial charge in [-0.25, -0.2) is 4.39 Å². The number of rotatable bonds is 4. The van der Waals surface area contributed by atoms with Gasteiger partial charge in [-0.05, 0) is 18.1 Å². The SMILES string of the molecule is CCC(C)CN(C)C(=O)c1ccc(O)cc1F. The second kappa shape index (κ2) is 5.66. The Morgan fingerprint density at radius 3 is 2.71 bits per heavy atom. The summed E-state index contributed by atoms with van der Waals surface area (Å²) >= 11 is 0. The van der Waals surface area contributed by atoms with E-state index < -0.39 is 5.82 Å². The molecule has 1 aromatic carbocycles. The van der Waals surface area contributed by atoms with Crippen LogP contribution in [0.15, 0.2) is 18.2 Å². The molecule has 1 atom stereocenters. The van der Waals surface area contributed by atoms with Gasteiger partial charge < -0.3 is 10.0 Å². The van der Waals surface area contributed by atoms with Crippen molar-refractivity contribution in [1.29, 1.82) is 0 Å². The molecule has 0 heterocycles. The molecule has 0 aliphatic carbocycles. The maximum Gasteiger partial charge on any atom is 0.256 e. The Bertz CT molecular complexity index is 406. The number of carbonyl (C=O) groups excluding carboxylic acids is 1. The third-order valence-corrected chi connectivity index (χ3v) is 2.81. The molecule has 0 saturated heterocycles. The van der Waals surface area contributed by atoms with Crippen LogP contribution in [0.2, 0.25) is 0 Å². The van der Waals surface area contributed by atoms with Crippen molar-refractivity contribution in [2.75, 3.05) is 13.6 Å². The van der Waals surface area contributed by atoms with Crippen molar-refractivity contribution < 1.29 is 14.3 Å². The maximum absolute atomic E-state index is 13.5. The average Bonchev–Trinajstić information content (AvgIpc) is 2.28. The van der Waals surface area contributed by atoms with Gasteiger partial charge in [-0.3, -0.25) is 4.79 Å². The van der Waals surface area contributed by atoms with Crippen molar-refractivity contribution in [2.24, 2.45) is 5.92 Å². The second-order valence-electron chi connectivity index (χ2n) is 4.36. The van der Waals surface area contributed by atoms with E-state index in [-0.39, 0.29) is 17.2 Å².